The van der Waals surface area contributed by atoms with Gasteiger partial charge in [0.15, 0.2) is 0 Å². The van der Waals surface area contributed by atoms with E-state index in [0.717, 1.165) is 37.2 Å². The summed E-state index contributed by atoms with van der Waals surface area (Å²) in [5, 5.41) is 0.825. The summed E-state index contributed by atoms with van der Waals surface area (Å²) in [6.45, 7) is 11.4. The van der Waals surface area contributed by atoms with Crippen molar-refractivity contribution in [3.8, 4) is 5.75 Å². The molecule has 3 rings (SSSR count). The molecule has 33 heavy (non-hydrogen) atoms. The molecule has 1 aromatic heterocycles. The van der Waals surface area contributed by atoms with Gasteiger partial charge in [0.1, 0.15) is 17.1 Å². The second-order valence-corrected chi connectivity index (χ2v) is 11.9. The van der Waals surface area contributed by atoms with Gasteiger partial charge in [0.2, 0.25) is 5.56 Å². The van der Waals surface area contributed by atoms with Crippen LogP contribution in [-0.4, -0.2) is 34.0 Å². The zero-order valence-corrected chi connectivity index (χ0v) is 21.5. The van der Waals surface area contributed by atoms with E-state index in [9.17, 15) is 9.35 Å². The van der Waals surface area contributed by atoms with Gasteiger partial charge >= 0.3 is 0 Å². The molecular formula is C24H31Cl2N3O3S. The Balaban J connectivity index is 1.90. The normalized spacial score (nSPS) is 17.0. The number of piperidine rings is 1. The lowest BCUT2D eigenvalue weighted by atomic mass is 9.85. The second-order valence-electron chi connectivity index (χ2n) is 9.12. The molecule has 180 valence electrons. The molecule has 6 nitrogen and oxygen atoms in total. The van der Waals surface area contributed by atoms with Gasteiger partial charge in [0.25, 0.3) is 0 Å². The molecular weight excluding hydrogens is 481 g/mol. The Morgan fingerprint density at radius 2 is 1.97 bits per heavy atom. The predicted molar refractivity (Wildman–Crippen MR) is 138 cm³/mol. The van der Waals surface area contributed by atoms with Gasteiger partial charge in [0.05, 0.1) is 16.1 Å². The molecule has 1 aliphatic rings. The number of nitrogens with one attached hydrogen (secondary N) is 2. The van der Waals surface area contributed by atoms with E-state index in [1.807, 2.05) is 32.9 Å². The Kier molecular flexibility index (Phi) is 8.81. The van der Waals surface area contributed by atoms with E-state index < -0.39 is 16.1 Å². The average Bonchev–Trinajstić information content (AvgIpc) is 2.77. The SMILES string of the molecule is C=CCOc1cc(Cl)c(Cl)cc1C(N[S+]([O-])C(C)(C)C)C1CCN(c2cc[nH]c(=O)c2)CC1. The Morgan fingerprint density at radius 3 is 2.58 bits per heavy atom. The van der Waals surface area contributed by atoms with Gasteiger partial charge in [-0.25, -0.2) is 0 Å². The summed E-state index contributed by atoms with van der Waals surface area (Å²) in [5.41, 5.74) is 1.62. The van der Waals surface area contributed by atoms with Crippen molar-refractivity contribution in [2.45, 2.75) is 44.4 Å². The summed E-state index contributed by atoms with van der Waals surface area (Å²) in [5.74, 6) is 0.780. The van der Waals surface area contributed by atoms with Crippen LogP contribution in [0.2, 0.25) is 10.0 Å². The fourth-order valence-corrected chi connectivity index (χ4v) is 5.12. The van der Waals surface area contributed by atoms with Crippen LogP contribution in [0.3, 0.4) is 0 Å². The highest BCUT2D eigenvalue weighted by Gasteiger charge is 2.37. The van der Waals surface area contributed by atoms with Crippen LogP contribution in [0.5, 0.6) is 5.75 Å². The summed E-state index contributed by atoms with van der Waals surface area (Å²) in [6.07, 6.45) is 5.02. The van der Waals surface area contributed by atoms with Crippen LogP contribution >= 0.6 is 23.2 Å². The molecule has 1 fully saturated rings. The minimum absolute atomic E-state index is 0.116. The lowest BCUT2D eigenvalue weighted by molar-refractivity contribution is 0.307. The van der Waals surface area contributed by atoms with Crippen LogP contribution in [0.4, 0.5) is 5.69 Å². The highest BCUT2D eigenvalue weighted by molar-refractivity contribution is 7.90. The largest absolute Gasteiger partial charge is 0.598 e. The highest BCUT2D eigenvalue weighted by Crippen LogP contribution is 2.41. The van der Waals surface area contributed by atoms with Crippen molar-refractivity contribution in [3.63, 3.8) is 0 Å². The van der Waals surface area contributed by atoms with E-state index in [1.54, 1.807) is 24.4 Å². The van der Waals surface area contributed by atoms with Crippen molar-refractivity contribution in [2.75, 3.05) is 24.6 Å². The summed E-state index contributed by atoms with van der Waals surface area (Å²) in [7, 11) is 0. The molecule has 2 atom stereocenters. The third-order valence-corrected chi connectivity index (χ3v) is 7.97. The number of rotatable bonds is 8. The molecule has 0 saturated carbocycles. The number of aromatic nitrogens is 1. The maximum atomic E-state index is 13.1. The third-order valence-electron chi connectivity index (χ3n) is 5.67. The molecule has 2 aromatic rings. The molecule has 0 spiro atoms. The number of halogens is 2. The number of benzene rings is 1. The Hall–Kier alpha value is -1.64. The first-order valence-corrected chi connectivity index (χ1v) is 12.8. The summed E-state index contributed by atoms with van der Waals surface area (Å²) >= 11 is 11.4. The molecule has 0 aliphatic carbocycles. The minimum Gasteiger partial charge on any atom is -0.598 e. The fraction of sp³-hybridized carbons (Fsp3) is 0.458. The highest BCUT2D eigenvalue weighted by atomic mass is 35.5. The van der Waals surface area contributed by atoms with Gasteiger partial charge < -0.3 is 19.2 Å². The number of ether oxygens (including phenoxy) is 1. The zero-order chi connectivity index (χ0) is 24.2. The maximum absolute atomic E-state index is 13.1. The summed E-state index contributed by atoms with van der Waals surface area (Å²) < 4.78 is 22.0. The average molecular weight is 513 g/mol. The number of H-pyrrole nitrogens is 1. The molecule has 0 bridgehead atoms. The van der Waals surface area contributed by atoms with E-state index in [0.29, 0.717) is 22.4 Å². The van der Waals surface area contributed by atoms with Crippen LogP contribution in [0.25, 0.3) is 0 Å². The van der Waals surface area contributed by atoms with Crippen LogP contribution in [-0.2, 0) is 11.4 Å². The first-order chi connectivity index (χ1) is 15.6. The Bertz CT molecular complexity index is 1020. The van der Waals surface area contributed by atoms with Crippen molar-refractivity contribution >= 4 is 40.3 Å². The van der Waals surface area contributed by atoms with Crippen LogP contribution in [0.15, 0.2) is 47.9 Å². The smallest absolute Gasteiger partial charge is 0.249 e. The van der Waals surface area contributed by atoms with E-state index in [1.165, 1.54) is 0 Å². The lowest BCUT2D eigenvalue weighted by Gasteiger charge is -2.39. The first kappa shape index (κ1) is 26.0. The molecule has 2 heterocycles. The van der Waals surface area contributed by atoms with Crippen LogP contribution < -0.4 is 19.9 Å². The van der Waals surface area contributed by atoms with Crippen molar-refractivity contribution in [2.24, 2.45) is 5.92 Å². The number of anilines is 1. The maximum Gasteiger partial charge on any atom is 0.249 e. The second kappa shape index (κ2) is 11.2. The molecule has 9 heteroatoms. The first-order valence-electron chi connectivity index (χ1n) is 10.9. The summed E-state index contributed by atoms with van der Waals surface area (Å²) in [6, 6.07) is 6.80. The van der Waals surface area contributed by atoms with Crippen molar-refractivity contribution in [1.29, 1.82) is 0 Å². The van der Waals surface area contributed by atoms with Gasteiger partial charge in [-0.3, -0.25) is 4.79 Å². The molecule has 1 aromatic carbocycles. The number of hydrogen-bond donors (Lipinski definition) is 2. The Morgan fingerprint density at radius 1 is 1.30 bits per heavy atom. The number of pyridine rings is 1. The van der Waals surface area contributed by atoms with E-state index in [2.05, 4.69) is 21.2 Å². The summed E-state index contributed by atoms with van der Waals surface area (Å²) in [4.78, 5) is 16.6. The molecule has 1 saturated heterocycles. The standard InChI is InChI=1S/C24H31Cl2N3O3S/c1-5-12-32-21-15-20(26)19(25)14-18(21)23(28-33(31)24(2,3)4)16-7-10-29(11-8-16)17-6-9-27-22(30)13-17/h5-6,9,13-16,23,28H,1,7-8,10-12H2,2-4H3,(H,27,30). The van der Waals surface area contributed by atoms with E-state index >= 15 is 0 Å². The van der Waals surface area contributed by atoms with Crippen LogP contribution in [0.1, 0.15) is 45.2 Å². The van der Waals surface area contributed by atoms with Gasteiger partial charge in [0, 0.05) is 54.0 Å². The Labute approximate surface area is 208 Å². The molecule has 1 aliphatic heterocycles. The monoisotopic (exact) mass is 511 g/mol. The van der Waals surface area contributed by atoms with Gasteiger partial charge in [-0.1, -0.05) is 35.9 Å². The predicted octanol–water partition coefficient (Wildman–Crippen LogP) is 5.26. The number of hydrogen-bond acceptors (Lipinski definition) is 5. The minimum atomic E-state index is -1.30. The van der Waals surface area contributed by atoms with E-state index in [-0.39, 0.29) is 17.5 Å². The fourth-order valence-electron chi connectivity index (χ4n) is 3.89. The lowest BCUT2D eigenvalue weighted by Crippen LogP contribution is -2.46. The molecule has 2 N–H and O–H groups in total. The third kappa shape index (κ3) is 6.70. The zero-order valence-electron chi connectivity index (χ0n) is 19.2. The molecule has 2 unspecified atom stereocenters. The molecule has 0 radical (unpaired) electrons. The molecule has 0 amide bonds. The number of aromatic amines is 1. The van der Waals surface area contributed by atoms with E-state index in [4.69, 9.17) is 27.9 Å². The van der Waals surface area contributed by atoms with Gasteiger partial charge in [-0.2, -0.15) is 0 Å². The topological polar surface area (TPSA) is 80.4 Å². The van der Waals surface area contributed by atoms with Gasteiger partial charge in [-0.15, -0.1) is 4.72 Å². The quantitative estimate of drug-likeness (QED) is 0.373. The van der Waals surface area contributed by atoms with Crippen LogP contribution in [0, 0.1) is 5.92 Å². The van der Waals surface area contributed by atoms with Gasteiger partial charge in [-0.05, 0) is 51.7 Å². The van der Waals surface area contributed by atoms with Crippen molar-refractivity contribution in [3.05, 3.63) is 69.1 Å². The van der Waals surface area contributed by atoms with Crippen molar-refractivity contribution < 1.29 is 9.29 Å². The number of nitrogens with zero attached hydrogens (tertiary/aromatic N) is 1. The van der Waals surface area contributed by atoms with Crippen molar-refractivity contribution in [1.82, 2.24) is 9.71 Å².